The Bertz CT molecular complexity index is 1430. The summed E-state index contributed by atoms with van der Waals surface area (Å²) in [6.07, 6.45) is 3.24. The topological polar surface area (TPSA) is 60.7 Å². The third kappa shape index (κ3) is 5.13. The number of nitrogens with one attached hydrogen (secondary N) is 1. The zero-order valence-corrected chi connectivity index (χ0v) is 21.2. The van der Waals surface area contributed by atoms with E-state index in [1.165, 1.54) is 12.1 Å². The minimum Gasteiger partial charge on any atom is -0.494 e. The Kier molecular flexibility index (Phi) is 7.44. The zero-order valence-electron chi connectivity index (χ0n) is 21.2. The molecule has 1 aromatic heterocycles. The van der Waals surface area contributed by atoms with Gasteiger partial charge in [0.05, 0.1) is 19.5 Å². The van der Waals surface area contributed by atoms with Crippen molar-refractivity contribution in [3.63, 3.8) is 0 Å². The van der Waals surface area contributed by atoms with E-state index in [0.29, 0.717) is 35.8 Å². The molecule has 0 saturated carbocycles. The lowest BCUT2D eigenvalue weighted by Gasteiger charge is -2.15. The fourth-order valence-electron chi connectivity index (χ4n) is 4.18. The predicted octanol–water partition coefficient (Wildman–Crippen LogP) is 7.70. The number of carbonyl (C=O) groups excluding carboxylic acids is 1. The number of aryl methyl sites for hydroxylation is 2. The van der Waals surface area contributed by atoms with Crippen molar-refractivity contribution in [2.24, 2.45) is 0 Å². The van der Waals surface area contributed by atoms with E-state index in [9.17, 15) is 9.18 Å². The van der Waals surface area contributed by atoms with Gasteiger partial charge in [-0.3, -0.25) is 4.79 Å². The summed E-state index contributed by atoms with van der Waals surface area (Å²) in [5.74, 6) is 0.758. The van der Waals surface area contributed by atoms with Gasteiger partial charge in [0, 0.05) is 33.8 Å². The van der Waals surface area contributed by atoms with E-state index in [1.54, 1.807) is 25.3 Å². The number of fused-ring (bicyclic) bond motifs is 1. The third-order valence-corrected chi connectivity index (χ3v) is 6.02. The summed E-state index contributed by atoms with van der Waals surface area (Å²) in [5, 5.41) is 3.66. The van der Waals surface area contributed by atoms with E-state index < -0.39 is 0 Å². The summed E-state index contributed by atoms with van der Waals surface area (Å²) < 4.78 is 31.4. The molecule has 4 aromatic rings. The standard InChI is InChI=1S/C30H30FNO4/c1-6-34-23-12-9-21(10-13-23)26-17-36-30-20(5)29(35-7-2)24(16-25(26)30)19(4)14-28(33)32-22-11-8-18(3)27(31)15-22/h8-17H,6-7H2,1-5H3,(H,32,33)/b19-14+. The molecule has 4 rings (SSSR count). The molecule has 0 spiro atoms. The normalized spacial score (nSPS) is 11.6. The highest BCUT2D eigenvalue weighted by Gasteiger charge is 2.19. The van der Waals surface area contributed by atoms with Crippen LogP contribution in [0.3, 0.4) is 0 Å². The highest BCUT2D eigenvalue weighted by atomic mass is 19.1. The van der Waals surface area contributed by atoms with E-state index in [1.807, 2.05) is 58.0 Å². The van der Waals surface area contributed by atoms with Crippen molar-refractivity contribution in [1.29, 1.82) is 0 Å². The van der Waals surface area contributed by atoms with E-state index in [-0.39, 0.29) is 11.7 Å². The molecule has 6 heteroatoms. The van der Waals surface area contributed by atoms with Crippen molar-refractivity contribution in [2.75, 3.05) is 18.5 Å². The molecule has 0 aliphatic heterocycles. The minimum absolute atomic E-state index is 0.352. The van der Waals surface area contributed by atoms with Crippen LogP contribution in [-0.4, -0.2) is 19.1 Å². The summed E-state index contributed by atoms with van der Waals surface area (Å²) in [4.78, 5) is 12.8. The van der Waals surface area contributed by atoms with Crippen LogP contribution >= 0.6 is 0 Å². The Balaban J connectivity index is 1.74. The summed E-state index contributed by atoms with van der Waals surface area (Å²) in [6.45, 7) is 10.4. The third-order valence-electron chi connectivity index (χ3n) is 6.02. The summed E-state index contributed by atoms with van der Waals surface area (Å²) in [6, 6.07) is 14.5. The summed E-state index contributed by atoms with van der Waals surface area (Å²) in [5.41, 5.74) is 5.95. The van der Waals surface area contributed by atoms with Crippen LogP contribution in [-0.2, 0) is 4.79 Å². The van der Waals surface area contributed by atoms with Crippen LogP contribution in [0.5, 0.6) is 11.5 Å². The van der Waals surface area contributed by atoms with Gasteiger partial charge in [-0.25, -0.2) is 4.39 Å². The minimum atomic E-state index is -0.366. The number of furan rings is 1. The second kappa shape index (κ2) is 10.7. The zero-order chi connectivity index (χ0) is 25.8. The molecular weight excluding hydrogens is 457 g/mol. The highest BCUT2D eigenvalue weighted by Crippen LogP contribution is 2.41. The quantitative estimate of drug-likeness (QED) is 0.259. The van der Waals surface area contributed by atoms with Crippen molar-refractivity contribution < 1.29 is 23.1 Å². The lowest BCUT2D eigenvalue weighted by molar-refractivity contribution is -0.111. The molecule has 186 valence electrons. The van der Waals surface area contributed by atoms with Gasteiger partial charge in [-0.05, 0) is 81.7 Å². The number of carbonyl (C=O) groups is 1. The highest BCUT2D eigenvalue weighted by molar-refractivity contribution is 6.06. The first-order valence-corrected chi connectivity index (χ1v) is 12.0. The molecule has 0 unspecified atom stereocenters. The molecule has 1 heterocycles. The number of rotatable bonds is 8. The number of anilines is 1. The maximum absolute atomic E-state index is 13.9. The molecule has 36 heavy (non-hydrogen) atoms. The van der Waals surface area contributed by atoms with Gasteiger partial charge in [-0.15, -0.1) is 0 Å². The van der Waals surface area contributed by atoms with Crippen LogP contribution < -0.4 is 14.8 Å². The Morgan fingerprint density at radius 3 is 2.42 bits per heavy atom. The van der Waals surface area contributed by atoms with E-state index in [2.05, 4.69) is 5.32 Å². The van der Waals surface area contributed by atoms with Crippen molar-refractivity contribution in [3.05, 3.63) is 83.4 Å². The molecule has 5 nitrogen and oxygen atoms in total. The number of hydrogen-bond acceptors (Lipinski definition) is 4. The second-order valence-electron chi connectivity index (χ2n) is 8.58. The monoisotopic (exact) mass is 487 g/mol. The van der Waals surface area contributed by atoms with Gasteiger partial charge in [0.1, 0.15) is 22.9 Å². The number of amides is 1. The molecular formula is C30H30FNO4. The Morgan fingerprint density at radius 1 is 1.03 bits per heavy atom. The van der Waals surface area contributed by atoms with Crippen LogP contribution in [0.4, 0.5) is 10.1 Å². The number of hydrogen-bond donors (Lipinski definition) is 1. The molecule has 0 aliphatic rings. The van der Waals surface area contributed by atoms with Crippen LogP contribution in [0.25, 0.3) is 27.7 Å². The summed E-state index contributed by atoms with van der Waals surface area (Å²) in [7, 11) is 0. The molecule has 0 aliphatic carbocycles. The van der Waals surface area contributed by atoms with Gasteiger partial charge in [-0.2, -0.15) is 0 Å². The van der Waals surface area contributed by atoms with Crippen LogP contribution in [0.1, 0.15) is 37.5 Å². The van der Waals surface area contributed by atoms with Crippen molar-refractivity contribution in [2.45, 2.75) is 34.6 Å². The Hall–Kier alpha value is -4.06. The molecule has 0 fully saturated rings. The molecule has 0 saturated heterocycles. The fourth-order valence-corrected chi connectivity index (χ4v) is 4.18. The average molecular weight is 488 g/mol. The fraction of sp³-hybridized carbons (Fsp3) is 0.233. The lowest BCUT2D eigenvalue weighted by Crippen LogP contribution is -2.09. The van der Waals surface area contributed by atoms with Gasteiger partial charge in [0.2, 0.25) is 5.91 Å². The molecule has 1 N–H and O–H groups in total. The molecule has 0 atom stereocenters. The smallest absolute Gasteiger partial charge is 0.248 e. The first kappa shape index (κ1) is 25.0. The van der Waals surface area contributed by atoms with Crippen LogP contribution in [0.15, 0.2) is 65.3 Å². The first-order chi connectivity index (χ1) is 17.3. The van der Waals surface area contributed by atoms with Gasteiger partial charge >= 0.3 is 0 Å². The SMILES string of the molecule is CCOc1ccc(-c2coc3c(C)c(OCC)c(/C(C)=C/C(=O)Nc4ccc(C)c(F)c4)cc23)cc1. The van der Waals surface area contributed by atoms with Crippen LogP contribution in [0.2, 0.25) is 0 Å². The molecule has 1 amide bonds. The van der Waals surface area contributed by atoms with E-state index in [4.69, 9.17) is 13.9 Å². The van der Waals surface area contributed by atoms with Gasteiger partial charge < -0.3 is 19.2 Å². The van der Waals surface area contributed by atoms with Gasteiger partial charge in [-0.1, -0.05) is 18.2 Å². The largest absolute Gasteiger partial charge is 0.494 e. The Morgan fingerprint density at radius 2 is 1.75 bits per heavy atom. The average Bonchev–Trinajstić information content (AvgIpc) is 3.28. The second-order valence-corrected chi connectivity index (χ2v) is 8.58. The van der Waals surface area contributed by atoms with E-state index >= 15 is 0 Å². The van der Waals surface area contributed by atoms with Gasteiger partial charge in [0.25, 0.3) is 0 Å². The maximum atomic E-state index is 13.9. The lowest BCUT2D eigenvalue weighted by atomic mass is 9.96. The number of benzene rings is 3. The summed E-state index contributed by atoms with van der Waals surface area (Å²) >= 11 is 0. The van der Waals surface area contributed by atoms with Crippen molar-refractivity contribution in [3.8, 4) is 22.6 Å². The Labute approximate surface area is 210 Å². The maximum Gasteiger partial charge on any atom is 0.248 e. The number of allylic oxidation sites excluding steroid dienone is 1. The van der Waals surface area contributed by atoms with Gasteiger partial charge in [0.15, 0.2) is 0 Å². The van der Waals surface area contributed by atoms with Crippen molar-refractivity contribution in [1.82, 2.24) is 0 Å². The van der Waals surface area contributed by atoms with Crippen molar-refractivity contribution >= 4 is 28.1 Å². The molecule has 0 bridgehead atoms. The number of halogens is 1. The molecule has 3 aromatic carbocycles. The predicted molar refractivity (Wildman–Crippen MR) is 142 cm³/mol. The van der Waals surface area contributed by atoms with Crippen LogP contribution in [0, 0.1) is 19.7 Å². The number of ether oxygens (including phenoxy) is 2. The van der Waals surface area contributed by atoms with E-state index in [0.717, 1.165) is 39.0 Å². The molecule has 0 radical (unpaired) electrons. The first-order valence-electron chi connectivity index (χ1n) is 12.0.